The van der Waals surface area contributed by atoms with Crippen LogP contribution in [0, 0.1) is 17.8 Å². The third-order valence-electron chi connectivity index (χ3n) is 10.9. The van der Waals surface area contributed by atoms with E-state index >= 15 is 0 Å². The van der Waals surface area contributed by atoms with Crippen molar-refractivity contribution < 1.29 is 53.1 Å². The molecule has 0 aromatic carbocycles. The summed E-state index contributed by atoms with van der Waals surface area (Å²) in [6.45, 7) is 13.0. The highest BCUT2D eigenvalue weighted by molar-refractivity contribution is 6.00. The second kappa shape index (κ2) is 18.6. The number of carbonyl (C=O) groups is 3. The second-order valence-electron chi connectivity index (χ2n) is 15.7. The minimum Gasteiger partial charge on any atom is -0.459 e. The molecule has 3 aliphatic rings. The van der Waals surface area contributed by atoms with Crippen LogP contribution in [-0.2, 0) is 49.5 Å². The Hall–Kier alpha value is -3.18. The summed E-state index contributed by atoms with van der Waals surface area (Å²) in [5.41, 5.74) is -1.82. The van der Waals surface area contributed by atoms with Crippen LogP contribution in [0.25, 0.3) is 0 Å². The first-order valence-corrected chi connectivity index (χ1v) is 18.9. The molecule has 302 valence electrons. The monoisotopic (exact) mass is 760 g/mol. The van der Waals surface area contributed by atoms with E-state index in [0.29, 0.717) is 23.5 Å². The highest BCUT2D eigenvalue weighted by Crippen LogP contribution is 2.39. The van der Waals surface area contributed by atoms with E-state index in [2.05, 4.69) is 15.1 Å². The first kappa shape index (κ1) is 43.5. The number of aliphatic imine (C=N–C) groups is 1. The molecule has 1 amide bonds. The molecule has 3 aliphatic heterocycles. The van der Waals surface area contributed by atoms with E-state index in [9.17, 15) is 24.6 Å². The smallest absolute Gasteiger partial charge is 0.316 e. The Bertz CT molecular complexity index is 1500. The number of aliphatic hydroxyl groups excluding tert-OH is 1. The van der Waals surface area contributed by atoms with Crippen LogP contribution in [0.1, 0.15) is 86.8 Å². The van der Waals surface area contributed by atoms with Gasteiger partial charge in [0.2, 0.25) is 5.91 Å². The number of hydrogen-bond donors (Lipinski definition) is 2. The van der Waals surface area contributed by atoms with E-state index in [1.807, 2.05) is 38.9 Å². The Labute approximate surface area is 318 Å². The highest BCUT2D eigenvalue weighted by Gasteiger charge is 2.51. The number of carbonyl (C=O) groups excluding carboxylic acids is 3. The minimum atomic E-state index is -1.81. The standard InChI is InChI=1S/C39H60N4O11/c1-11-31-39(8,48)32-17-29(41-26(6)44)22(2)18-38(7,50-20-28(19-49-32)42-51-21-27-14-12-13-15-40-27)35(24(4)33(45)25(5)36(47)53-31)54-37-34(46)30(43(9)10)16-23(3)52-37/h12-15,22-25,30-32,34-35,37,46,48H,11,16-21H2,1-10H3/b41-29?,42-28-/t22-,23-,24+,25-,30+,31-,32-,34-,35-,37+,38-,39-/m1/s1. The van der Waals surface area contributed by atoms with E-state index in [-0.39, 0.29) is 51.2 Å². The van der Waals surface area contributed by atoms with Crippen LogP contribution in [0.4, 0.5) is 0 Å². The van der Waals surface area contributed by atoms with Crippen LogP contribution < -0.4 is 0 Å². The van der Waals surface area contributed by atoms with Gasteiger partial charge in [0, 0.05) is 37.2 Å². The number of rotatable bonds is 7. The summed E-state index contributed by atoms with van der Waals surface area (Å²) < 4.78 is 32.0. The zero-order valence-electron chi connectivity index (χ0n) is 33.4. The minimum absolute atomic E-state index is 0.0119. The van der Waals surface area contributed by atoms with Crippen molar-refractivity contribution in [3.63, 3.8) is 0 Å². The number of aromatic nitrogens is 1. The number of amides is 1. The van der Waals surface area contributed by atoms with E-state index in [1.165, 1.54) is 20.8 Å². The molecule has 0 saturated carbocycles. The molecule has 1 aromatic heterocycles. The van der Waals surface area contributed by atoms with Gasteiger partial charge in [0.1, 0.15) is 29.4 Å². The number of ether oxygens (including phenoxy) is 5. The normalized spacial score (nSPS) is 39.1. The Morgan fingerprint density at radius 3 is 2.48 bits per heavy atom. The maximum absolute atomic E-state index is 14.4. The lowest BCUT2D eigenvalue weighted by Crippen LogP contribution is -2.59. The Morgan fingerprint density at radius 1 is 1.13 bits per heavy atom. The quantitative estimate of drug-likeness (QED) is 0.235. The summed E-state index contributed by atoms with van der Waals surface area (Å²) in [4.78, 5) is 57.0. The fraction of sp³-hybridized carbons (Fsp3) is 0.744. The van der Waals surface area contributed by atoms with Crippen molar-refractivity contribution in [2.45, 2.75) is 142 Å². The van der Waals surface area contributed by atoms with Crippen molar-refractivity contribution in [1.29, 1.82) is 0 Å². The number of hydrogen-bond acceptors (Lipinski definition) is 14. The molecule has 3 fully saturated rings. The number of pyridine rings is 1. The van der Waals surface area contributed by atoms with E-state index in [0.717, 1.165) is 0 Å². The molecule has 4 heterocycles. The lowest BCUT2D eigenvalue weighted by Gasteiger charge is -2.47. The van der Waals surface area contributed by atoms with Crippen molar-refractivity contribution in [3.8, 4) is 0 Å². The summed E-state index contributed by atoms with van der Waals surface area (Å²) in [6, 6.07) is 5.11. The average molecular weight is 761 g/mol. The number of cyclic esters (lactones) is 1. The number of esters is 1. The van der Waals surface area contributed by atoms with Crippen molar-refractivity contribution in [1.82, 2.24) is 9.88 Å². The molecule has 1 aromatic rings. The van der Waals surface area contributed by atoms with Crippen LogP contribution in [0.3, 0.4) is 0 Å². The van der Waals surface area contributed by atoms with Crippen molar-refractivity contribution >= 4 is 29.1 Å². The van der Waals surface area contributed by atoms with E-state index in [1.54, 1.807) is 39.1 Å². The van der Waals surface area contributed by atoms with Gasteiger partial charge in [0.25, 0.3) is 0 Å². The number of fused-ring (bicyclic) bond motifs is 5. The lowest BCUT2D eigenvalue weighted by molar-refractivity contribution is -0.296. The highest BCUT2D eigenvalue weighted by atomic mass is 16.7. The molecule has 15 heteroatoms. The third kappa shape index (κ3) is 10.6. The van der Waals surface area contributed by atoms with E-state index in [4.69, 9.17) is 28.5 Å². The predicted octanol–water partition coefficient (Wildman–Crippen LogP) is 3.27. The summed E-state index contributed by atoms with van der Waals surface area (Å²) in [7, 11) is 3.73. The lowest BCUT2D eigenvalue weighted by atomic mass is 9.76. The largest absolute Gasteiger partial charge is 0.459 e. The number of Topliss-reactive ketones (excluding diaryl/α,β-unsaturated/α-hetero) is 1. The molecular formula is C39H60N4O11. The van der Waals surface area contributed by atoms with Crippen LogP contribution >= 0.6 is 0 Å². The molecular weight excluding hydrogens is 700 g/mol. The summed E-state index contributed by atoms with van der Waals surface area (Å²) >= 11 is 0. The number of oxime groups is 1. The molecule has 0 spiro atoms. The molecule has 2 N–H and O–H groups in total. The van der Waals surface area contributed by atoms with Gasteiger partial charge >= 0.3 is 5.97 Å². The van der Waals surface area contributed by atoms with Gasteiger partial charge in [-0.05, 0) is 79.1 Å². The van der Waals surface area contributed by atoms with Crippen LogP contribution in [0.2, 0.25) is 0 Å². The third-order valence-corrected chi connectivity index (χ3v) is 10.9. The molecule has 0 aliphatic carbocycles. The average Bonchev–Trinajstić information content (AvgIpc) is 3.14. The number of nitrogens with zero attached hydrogens (tertiary/aromatic N) is 4. The number of ketones is 1. The second-order valence-corrected chi connectivity index (χ2v) is 15.7. The summed E-state index contributed by atoms with van der Waals surface area (Å²) in [5, 5.41) is 28.1. The first-order chi connectivity index (χ1) is 25.4. The van der Waals surface area contributed by atoms with E-state index < -0.39 is 77.3 Å². The zero-order valence-corrected chi connectivity index (χ0v) is 33.4. The fourth-order valence-electron chi connectivity index (χ4n) is 7.69. The SMILES string of the molecule is CC[C@H]1OC(=O)[C@H](C)C(=O)[C@H](C)[C@@H](O[C@@H]2O[C@H](C)C[C@H](N(C)C)[C@H]2O)[C@@]2(C)C[C@@H](C)C(=NC(C)=O)C[C@@H](OC/C(=N/OCc3ccccn3)CO2)[C@]1(C)O. The summed E-state index contributed by atoms with van der Waals surface area (Å²) in [5.74, 6) is -4.51. The van der Waals surface area contributed by atoms with Crippen LogP contribution in [0.5, 0.6) is 0 Å². The topological polar surface area (TPSA) is 188 Å². The molecule has 15 nitrogen and oxygen atoms in total. The molecule has 0 radical (unpaired) electrons. The molecule has 4 rings (SSSR count). The molecule has 12 atom stereocenters. The van der Waals surface area contributed by atoms with Crippen LogP contribution in [0.15, 0.2) is 34.5 Å². The van der Waals surface area contributed by atoms with Crippen molar-refractivity contribution in [2.75, 3.05) is 27.3 Å². The molecule has 3 saturated heterocycles. The van der Waals surface area contributed by atoms with Gasteiger partial charge in [-0.2, -0.15) is 0 Å². The van der Waals surface area contributed by atoms with Crippen molar-refractivity contribution in [3.05, 3.63) is 30.1 Å². The zero-order chi connectivity index (χ0) is 40.0. The van der Waals surface area contributed by atoms with Crippen LogP contribution in [-0.4, -0.2) is 131 Å². The number of likely N-dealkylation sites (N-methyl/N-ethyl adjacent to an activating group) is 1. The Kier molecular flexibility index (Phi) is 15.0. The van der Waals surface area contributed by atoms with Gasteiger partial charge < -0.3 is 43.6 Å². The van der Waals surface area contributed by atoms with Gasteiger partial charge in [0.15, 0.2) is 18.7 Å². The predicted molar refractivity (Wildman–Crippen MR) is 199 cm³/mol. The van der Waals surface area contributed by atoms with Crippen molar-refractivity contribution in [2.24, 2.45) is 27.9 Å². The van der Waals surface area contributed by atoms with Gasteiger partial charge in [-0.25, -0.2) is 4.99 Å². The van der Waals surface area contributed by atoms with Gasteiger partial charge in [-0.1, -0.05) is 32.0 Å². The Morgan fingerprint density at radius 2 is 1.85 bits per heavy atom. The maximum Gasteiger partial charge on any atom is 0.316 e. The first-order valence-electron chi connectivity index (χ1n) is 18.9. The number of aliphatic hydroxyl groups is 2. The summed E-state index contributed by atoms with van der Waals surface area (Å²) in [6.07, 6.45) is -3.30. The van der Waals surface area contributed by atoms with Gasteiger partial charge in [-0.3, -0.25) is 19.4 Å². The van der Waals surface area contributed by atoms with Gasteiger partial charge in [0.05, 0.1) is 42.8 Å². The Balaban J connectivity index is 1.90. The molecule has 54 heavy (non-hydrogen) atoms. The molecule has 2 bridgehead atoms. The maximum atomic E-state index is 14.4. The van der Waals surface area contributed by atoms with Gasteiger partial charge in [-0.15, -0.1) is 0 Å². The molecule has 0 unspecified atom stereocenters. The fourth-order valence-corrected chi connectivity index (χ4v) is 7.69.